The molecule has 2 aromatic heterocycles. The summed E-state index contributed by atoms with van der Waals surface area (Å²) in [4.78, 5) is 28.9. The van der Waals surface area contributed by atoms with Crippen molar-refractivity contribution in [3.8, 4) is 0 Å². The number of aromatic nitrogens is 2. The van der Waals surface area contributed by atoms with Gasteiger partial charge in [-0.2, -0.15) is 18.3 Å². The highest BCUT2D eigenvalue weighted by Crippen LogP contribution is 2.35. The van der Waals surface area contributed by atoms with E-state index >= 15 is 0 Å². The van der Waals surface area contributed by atoms with E-state index in [0.717, 1.165) is 6.07 Å². The summed E-state index contributed by atoms with van der Waals surface area (Å²) in [5.41, 5.74) is -1.35. The van der Waals surface area contributed by atoms with Gasteiger partial charge in [-0.25, -0.2) is 4.52 Å². The summed E-state index contributed by atoms with van der Waals surface area (Å²) in [6, 6.07) is 2.27. The zero-order valence-corrected chi connectivity index (χ0v) is 19.3. The summed E-state index contributed by atoms with van der Waals surface area (Å²) in [5.74, 6) is -1.55. The number of amides is 2. The summed E-state index contributed by atoms with van der Waals surface area (Å²) in [5, 5.41) is 22.7. The van der Waals surface area contributed by atoms with Crippen LogP contribution in [-0.4, -0.2) is 79.8 Å². The molecule has 0 bridgehead atoms. The molecule has 34 heavy (non-hydrogen) atoms. The fourth-order valence-corrected chi connectivity index (χ4v) is 4.89. The minimum atomic E-state index is -4.77. The van der Waals surface area contributed by atoms with Gasteiger partial charge in [-0.05, 0) is 43.4 Å². The van der Waals surface area contributed by atoms with Crippen LogP contribution in [0.15, 0.2) is 12.1 Å². The highest BCUT2D eigenvalue weighted by Gasteiger charge is 2.38. The van der Waals surface area contributed by atoms with Crippen LogP contribution in [-0.2, 0) is 11.0 Å². The maximum absolute atomic E-state index is 13.7. The summed E-state index contributed by atoms with van der Waals surface area (Å²) in [6.45, 7) is 1.48. The highest BCUT2D eigenvalue weighted by molar-refractivity contribution is 6.36. The van der Waals surface area contributed by atoms with Crippen LogP contribution < -0.4 is 0 Å². The fraction of sp³-hybridized carbons (Fsp3) is 0.591. The van der Waals surface area contributed by atoms with Gasteiger partial charge in [-0.1, -0.05) is 18.5 Å². The minimum Gasteiger partial charge on any atom is -0.396 e. The van der Waals surface area contributed by atoms with Gasteiger partial charge in [0.25, 0.3) is 5.91 Å². The fourth-order valence-electron chi connectivity index (χ4n) is 4.63. The lowest BCUT2D eigenvalue weighted by molar-refractivity contribution is -0.142. The summed E-state index contributed by atoms with van der Waals surface area (Å²) >= 11 is 6.33. The van der Waals surface area contributed by atoms with Gasteiger partial charge >= 0.3 is 6.18 Å². The maximum Gasteiger partial charge on any atom is 0.433 e. The Morgan fingerprint density at radius 1 is 1.24 bits per heavy atom. The van der Waals surface area contributed by atoms with E-state index in [0.29, 0.717) is 36.7 Å². The predicted molar refractivity (Wildman–Crippen MR) is 117 cm³/mol. The van der Waals surface area contributed by atoms with Crippen molar-refractivity contribution >= 4 is 28.9 Å². The number of aliphatic hydroxyl groups is 2. The molecule has 1 aliphatic carbocycles. The first-order chi connectivity index (χ1) is 16.0. The molecule has 8 nitrogen and oxygen atoms in total. The van der Waals surface area contributed by atoms with E-state index in [4.69, 9.17) is 11.6 Å². The van der Waals surface area contributed by atoms with Gasteiger partial charge < -0.3 is 20.0 Å². The second-order valence-electron chi connectivity index (χ2n) is 8.99. The third kappa shape index (κ3) is 4.60. The molecule has 1 saturated heterocycles. The summed E-state index contributed by atoms with van der Waals surface area (Å²) in [6.07, 6.45) is -2.51. The van der Waals surface area contributed by atoms with Crippen LogP contribution in [0.4, 0.5) is 13.2 Å². The van der Waals surface area contributed by atoms with Gasteiger partial charge in [-0.15, -0.1) is 0 Å². The van der Waals surface area contributed by atoms with Crippen molar-refractivity contribution in [2.24, 2.45) is 0 Å². The van der Waals surface area contributed by atoms with Gasteiger partial charge in [0, 0.05) is 31.7 Å². The van der Waals surface area contributed by atoms with E-state index in [-0.39, 0.29) is 59.5 Å². The van der Waals surface area contributed by atoms with Gasteiger partial charge in [-0.3, -0.25) is 9.59 Å². The zero-order chi connectivity index (χ0) is 24.8. The standard InChI is InChI=1S/C22H26ClF3N4O4/c1-12(11-31)13-8-16-19(23)20(27-30(16)17(9-13)22(24,25)26)21(34)28-6-7-29(18(33)10-28)14-2-4-15(32)5-3-14/h8-9,12,14-15,31-32H,2-7,10-11H2,1H3. The SMILES string of the molecule is CC(CO)c1cc(C(F)(F)F)n2nc(C(=O)N3CCN(C4CCC(O)CC4)C(=O)C3)c(Cl)c2c1. The number of nitrogens with zero attached hydrogens (tertiary/aromatic N) is 4. The van der Waals surface area contributed by atoms with Crippen molar-refractivity contribution in [2.45, 2.75) is 56.8 Å². The van der Waals surface area contributed by atoms with Crippen molar-refractivity contribution in [2.75, 3.05) is 26.2 Å². The second-order valence-corrected chi connectivity index (χ2v) is 9.37. The Balaban J connectivity index is 1.61. The summed E-state index contributed by atoms with van der Waals surface area (Å²) < 4.78 is 41.8. The van der Waals surface area contributed by atoms with E-state index in [1.165, 1.54) is 11.0 Å². The molecule has 0 aromatic carbocycles. The Morgan fingerprint density at radius 2 is 1.91 bits per heavy atom. The largest absolute Gasteiger partial charge is 0.433 e. The molecule has 12 heteroatoms. The van der Waals surface area contributed by atoms with Crippen molar-refractivity contribution in [3.05, 3.63) is 34.1 Å². The Morgan fingerprint density at radius 3 is 2.50 bits per heavy atom. The Bertz CT molecular complexity index is 1100. The molecule has 2 aromatic rings. The lowest BCUT2D eigenvalue weighted by atomic mass is 9.91. The minimum absolute atomic E-state index is 0.00760. The second kappa shape index (κ2) is 9.35. The van der Waals surface area contributed by atoms with Crippen LogP contribution in [0.25, 0.3) is 5.52 Å². The Labute approximate surface area is 198 Å². The normalized spacial score (nSPS) is 23.0. The number of pyridine rings is 1. The highest BCUT2D eigenvalue weighted by atomic mass is 35.5. The van der Waals surface area contributed by atoms with Crippen molar-refractivity contribution in [1.29, 1.82) is 0 Å². The number of carbonyl (C=O) groups excluding carboxylic acids is 2. The molecule has 2 N–H and O–H groups in total. The number of halogens is 4. The number of piperazine rings is 1. The lowest BCUT2D eigenvalue weighted by Crippen LogP contribution is -2.56. The number of aliphatic hydroxyl groups excluding tert-OH is 2. The van der Waals surface area contributed by atoms with Gasteiger partial charge in [0.2, 0.25) is 5.91 Å². The molecule has 2 fully saturated rings. The number of alkyl halides is 3. The average molecular weight is 503 g/mol. The Kier molecular flexibility index (Phi) is 6.80. The predicted octanol–water partition coefficient (Wildman–Crippen LogP) is 2.69. The molecule has 1 atom stereocenters. The first kappa shape index (κ1) is 24.7. The van der Waals surface area contributed by atoms with Crippen molar-refractivity contribution in [1.82, 2.24) is 19.4 Å². The number of hydrogen-bond donors (Lipinski definition) is 2. The molecule has 0 radical (unpaired) electrons. The molecule has 0 spiro atoms. The molecule has 2 aliphatic rings. The van der Waals surface area contributed by atoms with Crippen LogP contribution in [0, 0.1) is 0 Å². The zero-order valence-electron chi connectivity index (χ0n) is 18.6. The van der Waals surface area contributed by atoms with Crippen molar-refractivity contribution in [3.63, 3.8) is 0 Å². The number of carbonyl (C=O) groups is 2. The van der Waals surface area contributed by atoms with Gasteiger partial charge in [0.05, 0.1) is 16.6 Å². The Hall–Kier alpha value is -2.37. The van der Waals surface area contributed by atoms with E-state index < -0.39 is 23.7 Å². The molecule has 1 aliphatic heterocycles. The molecule has 1 unspecified atom stereocenters. The lowest BCUT2D eigenvalue weighted by Gasteiger charge is -2.41. The third-order valence-electron chi connectivity index (χ3n) is 6.68. The van der Waals surface area contributed by atoms with E-state index in [9.17, 15) is 33.0 Å². The number of fused-ring (bicyclic) bond motifs is 1. The number of rotatable bonds is 4. The van der Waals surface area contributed by atoms with Crippen LogP contribution in [0.2, 0.25) is 5.02 Å². The van der Waals surface area contributed by atoms with E-state index in [2.05, 4.69) is 5.10 Å². The van der Waals surface area contributed by atoms with Crippen LogP contribution >= 0.6 is 11.6 Å². The molecular weight excluding hydrogens is 477 g/mol. The molecule has 1 saturated carbocycles. The van der Waals surface area contributed by atoms with E-state index in [1.54, 1.807) is 11.8 Å². The van der Waals surface area contributed by atoms with Crippen LogP contribution in [0.3, 0.4) is 0 Å². The first-order valence-corrected chi connectivity index (χ1v) is 11.6. The van der Waals surface area contributed by atoms with Gasteiger partial charge in [0.1, 0.15) is 12.2 Å². The smallest absolute Gasteiger partial charge is 0.396 e. The molecule has 2 amide bonds. The average Bonchev–Trinajstić information content (AvgIpc) is 3.13. The van der Waals surface area contributed by atoms with E-state index in [1.807, 2.05) is 0 Å². The quantitative estimate of drug-likeness (QED) is 0.670. The van der Waals surface area contributed by atoms with Gasteiger partial charge in [0.15, 0.2) is 5.69 Å². The summed E-state index contributed by atoms with van der Waals surface area (Å²) in [7, 11) is 0. The third-order valence-corrected chi connectivity index (χ3v) is 7.06. The van der Waals surface area contributed by atoms with Crippen LogP contribution in [0.5, 0.6) is 0 Å². The topological polar surface area (TPSA) is 98.4 Å². The molecule has 186 valence electrons. The number of hydrogen-bond acceptors (Lipinski definition) is 5. The maximum atomic E-state index is 13.7. The van der Waals surface area contributed by atoms with Crippen LogP contribution in [0.1, 0.15) is 60.3 Å². The molecule has 3 heterocycles. The molecular formula is C22H26ClF3N4O4. The van der Waals surface area contributed by atoms with Crippen molar-refractivity contribution < 1.29 is 33.0 Å². The first-order valence-electron chi connectivity index (χ1n) is 11.2. The molecule has 4 rings (SSSR count). The monoisotopic (exact) mass is 502 g/mol.